The van der Waals surface area contributed by atoms with Gasteiger partial charge in [0.1, 0.15) is 17.5 Å². The van der Waals surface area contributed by atoms with Gasteiger partial charge in [-0.15, -0.1) is 0 Å². The number of rotatable bonds is 2. The lowest BCUT2D eigenvalue weighted by Crippen LogP contribution is -2.03. The van der Waals surface area contributed by atoms with Gasteiger partial charge in [0.05, 0.1) is 15.7 Å². The average molecular weight is 351 g/mol. The molecule has 0 bridgehead atoms. The van der Waals surface area contributed by atoms with Crippen molar-refractivity contribution in [3.8, 4) is 0 Å². The smallest absolute Gasteiger partial charge is 0.222 e. The highest BCUT2D eigenvalue weighted by Gasteiger charge is 2.11. The van der Waals surface area contributed by atoms with Crippen LogP contribution in [0.1, 0.15) is 0 Å². The first-order valence-electron chi connectivity index (χ1n) is 5.98. The van der Waals surface area contributed by atoms with Crippen LogP contribution >= 0.6 is 15.9 Å². The molecule has 0 saturated carbocycles. The van der Waals surface area contributed by atoms with Gasteiger partial charge in [-0.05, 0) is 34.1 Å². The molecule has 0 amide bonds. The fraction of sp³-hybridized carbons (Fsp3) is 0. The highest BCUT2D eigenvalue weighted by Crippen LogP contribution is 2.28. The lowest BCUT2D eigenvalue weighted by molar-refractivity contribution is 0.598. The summed E-state index contributed by atoms with van der Waals surface area (Å²) in [6, 6.07) is 9.22. The molecule has 0 aliphatic carbocycles. The zero-order valence-corrected chi connectivity index (χ0v) is 12.2. The molecule has 0 unspecified atom stereocenters. The van der Waals surface area contributed by atoms with E-state index in [1.165, 1.54) is 0 Å². The molecule has 0 aliphatic heterocycles. The molecule has 0 aliphatic rings. The molecule has 0 saturated heterocycles. The molecular formula is C14H9BrF2N4. The molecule has 1 heterocycles. The summed E-state index contributed by atoms with van der Waals surface area (Å²) in [4.78, 5) is 8.13. The van der Waals surface area contributed by atoms with E-state index in [9.17, 15) is 8.78 Å². The van der Waals surface area contributed by atoms with E-state index in [4.69, 9.17) is 5.73 Å². The van der Waals surface area contributed by atoms with Crippen molar-refractivity contribution in [1.29, 1.82) is 0 Å². The molecule has 1 aromatic heterocycles. The zero-order valence-electron chi connectivity index (χ0n) is 10.6. The number of halogens is 3. The number of nitrogens with two attached hydrogens (primary N) is 1. The normalized spacial score (nSPS) is 10.8. The average Bonchev–Trinajstić information content (AvgIpc) is 2.44. The van der Waals surface area contributed by atoms with E-state index >= 15 is 0 Å². The van der Waals surface area contributed by atoms with E-state index in [0.717, 1.165) is 12.1 Å². The Kier molecular flexibility index (Phi) is 3.42. The molecule has 7 heteroatoms. The standard InChI is InChI=1S/C14H9BrF2N4/c15-8-5-10(17)12(6-9(8)16)19-13-7-3-1-2-4-11(7)20-14(18)21-13/h1-6H,(H3,18,19,20,21). The van der Waals surface area contributed by atoms with Gasteiger partial charge in [0.2, 0.25) is 5.95 Å². The van der Waals surface area contributed by atoms with Crippen LogP contribution in [-0.2, 0) is 0 Å². The molecule has 0 fully saturated rings. The van der Waals surface area contributed by atoms with Gasteiger partial charge in [-0.1, -0.05) is 12.1 Å². The molecule has 0 radical (unpaired) electrons. The lowest BCUT2D eigenvalue weighted by atomic mass is 10.2. The number of fused-ring (bicyclic) bond motifs is 1. The Bertz CT molecular complexity index is 839. The van der Waals surface area contributed by atoms with Gasteiger partial charge >= 0.3 is 0 Å². The van der Waals surface area contributed by atoms with Crippen LogP contribution in [0.2, 0.25) is 0 Å². The summed E-state index contributed by atoms with van der Waals surface area (Å²) in [6.07, 6.45) is 0. The number of anilines is 3. The fourth-order valence-electron chi connectivity index (χ4n) is 1.94. The second-order valence-electron chi connectivity index (χ2n) is 4.32. The first kappa shape index (κ1) is 13.7. The van der Waals surface area contributed by atoms with Crippen LogP contribution in [0.15, 0.2) is 40.9 Å². The van der Waals surface area contributed by atoms with E-state index < -0.39 is 11.6 Å². The van der Waals surface area contributed by atoms with Crippen LogP contribution in [-0.4, -0.2) is 9.97 Å². The highest BCUT2D eigenvalue weighted by molar-refractivity contribution is 9.10. The van der Waals surface area contributed by atoms with Crippen LogP contribution in [0.4, 0.5) is 26.2 Å². The van der Waals surface area contributed by atoms with E-state index in [-0.39, 0.29) is 16.1 Å². The van der Waals surface area contributed by atoms with Crippen LogP contribution in [0, 0.1) is 11.6 Å². The van der Waals surface area contributed by atoms with Gasteiger partial charge in [0, 0.05) is 11.5 Å². The Morgan fingerprint density at radius 1 is 1.05 bits per heavy atom. The Balaban J connectivity index is 2.12. The topological polar surface area (TPSA) is 63.8 Å². The quantitative estimate of drug-likeness (QED) is 0.685. The second kappa shape index (κ2) is 5.25. The van der Waals surface area contributed by atoms with Crippen molar-refractivity contribution in [2.24, 2.45) is 0 Å². The second-order valence-corrected chi connectivity index (χ2v) is 5.17. The van der Waals surface area contributed by atoms with Crippen molar-refractivity contribution in [3.05, 3.63) is 52.5 Å². The summed E-state index contributed by atoms with van der Waals surface area (Å²) >= 11 is 2.93. The highest BCUT2D eigenvalue weighted by atomic mass is 79.9. The van der Waals surface area contributed by atoms with Gasteiger partial charge in [0.15, 0.2) is 0 Å². The monoisotopic (exact) mass is 350 g/mol. The van der Waals surface area contributed by atoms with E-state index in [2.05, 4.69) is 31.2 Å². The molecule has 2 aromatic carbocycles. The first-order chi connectivity index (χ1) is 10.0. The molecular weight excluding hydrogens is 342 g/mol. The van der Waals surface area contributed by atoms with E-state index in [1.807, 2.05) is 0 Å². The van der Waals surface area contributed by atoms with Crippen LogP contribution in [0.5, 0.6) is 0 Å². The zero-order chi connectivity index (χ0) is 15.0. The SMILES string of the molecule is Nc1nc(Nc2cc(F)c(Br)cc2F)c2ccccc2n1. The molecule has 3 aromatic rings. The Hall–Kier alpha value is -2.28. The van der Waals surface area contributed by atoms with Crippen molar-refractivity contribution < 1.29 is 8.78 Å². The number of nitrogen functional groups attached to an aromatic ring is 1. The van der Waals surface area contributed by atoms with E-state index in [1.54, 1.807) is 24.3 Å². The van der Waals surface area contributed by atoms with Gasteiger partial charge < -0.3 is 11.1 Å². The van der Waals surface area contributed by atoms with Gasteiger partial charge in [-0.3, -0.25) is 0 Å². The van der Waals surface area contributed by atoms with Crippen molar-refractivity contribution >= 4 is 44.3 Å². The third-order valence-electron chi connectivity index (χ3n) is 2.88. The maximum absolute atomic E-state index is 13.9. The number of hydrogen-bond acceptors (Lipinski definition) is 4. The molecule has 3 rings (SSSR count). The molecule has 0 spiro atoms. The third kappa shape index (κ3) is 2.64. The van der Waals surface area contributed by atoms with Gasteiger partial charge in [-0.2, -0.15) is 4.98 Å². The number of nitrogens with zero attached hydrogens (tertiary/aromatic N) is 2. The third-order valence-corrected chi connectivity index (χ3v) is 3.49. The van der Waals surface area contributed by atoms with E-state index in [0.29, 0.717) is 16.7 Å². The Labute approximate surface area is 127 Å². The number of hydrogen-bond donors (Lipinski definition) is 2. The van der Waals surface area contributed by atoms with Crippen molar-refractivity contribution in [3.63, 3.8) is 0 Å². The Morgan fingerprint density at radius 3 is 2.62 bits per heavy atom. The first-order valence-corrected chi connectivity index (χ1v) is 6.78. The minimum atomic E-state index is -0.607. The number of para-hydroxylation sites is 1. The molecule has 4 nitrogen and oxygen atoms in total. The summed E-state index contributed by atoms with van der Waals surface area (Å²) in [7, 11) is 0. The molecule has 0 atom stereocenters. The lowest BCUT2D eigenvalue weighted by Gasteiger charge is -2.10. The summed E-state index contributed by atoms with van der Waals surface area (Å²) in [5, 5.41) is 3.42. The maximum Gasteiger partial charge on any atom is 0.222 e. The van der Waals surface area contributed by atoms with Crippen LogP contribution < -0.4 is 11.1 Å². The van der Waals surface area contributed by atoms with Crippen molar-refractivity contribution in [2.75, 3.05) is 11.1 Å². The van der Waals surface area contributed by atoms with Crippen LogP contribution in [0.3, 0.4) is 0 Å². The summed E-state index contributed by atoms with van der Waals surface area (Å²) in [6.45, 7) is 0. The van der Waals surface area contributed by atoms with Gasteiger partial charge in [0.25, 0.3) is 0 Å². The minimum absolute atomic E-state index is 0.0287. The maximum atomic E-state index is 13.9. The Morgan fingerprint density at radius 2 is 1.81 bits per heavy atom. The minimum Gasteiger partial charge on any atom is -0.368 e. The summed E-state index contributed by atoms with van der Waals surface area (Å²) in [5.74, 6) is -0.817. The number of nitrogens with one attached hydrogen (secondary N) is 1. The summed E-state index contributed by atoms with van der Waals surface area (Å²) < 4.78 is 27.5. The molecule has 3 N–H and O–H groups in total. The largest absolute Gasteiger partial charge is 0.368 e. The van der Waals surface area contributed by atoms with Crippen molar-refractivity contribution in [2.45, 2.75) is 0 Å². The number of benzene rings is 2. The predicted octanol–water partition coefficient (Wildman–Crippen LogP) is 4.00. The predicted molar refractivity (Wildman–Crippen MR) is 81.3 cm³/mol. The number of aromatic nitrogens is 2. The van der Waals surface area contributed by atoms with Crippen LogP contribution in [0.25, 0.3) is 10.9 Å². The van der Waals surface area contributed by atoms with Gasteiger partial charge in [-0.25, -0.2) is 13.8 Å². The molecule has 106 valence electrons. The molecule has 21 heavy (non-hydrogen) atoms. The summed E-state index contributed by atoms with van der Waals surface area (Å²) in [5.41, 5.74) is 6.22. The van der Waals surface area contributed by atoms with Crippen molar-refractivity contribution in [1.82, 2.24) is 9.97 Å². The fourth-order valence-corrected chi connectivity index (χ4v) is 2.25.